The molecule has 0 radical (unpaired) electrons. The van der Waals surface area contributed by atoms with Gasteiger partial charge in [-0.25, -0.2) is 0 Å². The second-order valence-electron chi connectivity index (χ2n) is 9.58. The van der Waals surface area contributed by atoms with E-state index in [1.165, 1.54) is 0 Å². The number of likely N-dealkylation sites (tertiary alicyclic amines) is 1. The fourth-order valence-electron chi connectivity index (χ4n) is 6.24. The Balaban J connectivity index is 1.75. The molecule has 1 aromatic carbocycles. The highest BCUT2D eigenvalue weighted by molar-refractivity contribution is 8.02. The number of hydrogen-bond acceptors (Lipinski definition) is 5. The smallest absolute Gasteiger partial charge is 0.244 e. The molecule has 3 aliphatic rings. The summed E-state index contributed by atoms with van der Waals surface area (Å²) >= 11 is 1.66. The predicted molar refractivity (Wildman–Crippen MR) is 129 cm³/mol. The fraction of sp³-hybridized carbons (Fsp3) is 0.640. The third-order valence-electron chi connectivity index (χ3n) is 7.73. The van der Waals surface area contributed by atoms with E-state index in [1.807, 2.05) is 30.3 Å². The van der Waals surface area contributed by atoms with Gasteiger partial charge in [0.25, 0.3) is 0 Å². The van der Waals surface area contributed by atoms with Crippen LogP contribution in [0.2, 0.25) is 0 Å². The number of nitrogens with zero attached hydrogens (tertiary/aromatic N) is 1. The molecule has 0 aliphatic carbocycles. The van der Waals surface area contributed by atoms with Crippen LogP contribution in [-0.4, -0.2) is 70.0 Å². The van der Waals surface area contributed by atoms with Crippen LogP contribution in [0.25, 0.3) is 0 Å². The van der Waals surface area contributed by atoms with Crippen LogP contribution < -0.4 is 10.6 Å². The van der Waals surface area contributed by atoms with E-state index < -0.39 is 28.7 Å². The molecule has 180 valence electrons. The van der Waals surface area contributed by atoms with E-state index in [-0.39, 0.29) is 35.5 Å². The maximum atomic E-state index is 14.0. The minimum absolute atomic E-state index is 0.0312. The van der Waals surface area contributed by atoms with E-state index in [0.29, 0.717) is 13.0 Å². The fourth-order valence-corrected chi connectivity index (χ4v) is 8.65. The first-order chi connectivity index (χ1) is 15.9. The molecule has 7 nitrogen and oxygen atoms in total. The molecular formula is C25H35N3O4S. The number of thioether (sulfide) groups is 1. The SMILES string of the molecule is CCCCNC(=O)C1N([C@@H](CO)Cc2ccccc2)C(=O)[C@@H]2[C@H](C(=O)NC)[C@@H]3CC(C)C12S3. The third kappa shape index (κ3) is 3.85. The summed E-state index contributed by atoms with van der Waals surface area (Å²) in [6, 6.07) is 8.49. The second-order valence-corrected chi connectivity index (χ2v) is 11.1. The monoisotopic (exact) mass is 473 g/mol. The quantitative estimate of drug-likeness (QED) is 0.473. The van der Waals surface area contributed by atoms with Crippen molar-refractivity contribution in [2.75, 3.05) is 20.2 Å². The van der Waals surface area contributed by atoms with Crippen LogP contribution in [0.3, 0.4) is 0 Å². The average Bonchev–Trinajstić information content (AvgIpc) is 3.41. The van der Waals surface area contributed by atoms with Crippen LogP contribution >= 0.6 is 11.8 Å². The van der Waals surface area contributed by atoms with Gasteiger partial charge in [-0.3, -0.25) is 14.4 Å². The van der Waals surface area contributed by atoms with Crippen LogP contribution in [0.4, 0.5) is 0 Å². The van der Waals surface area contributed by atoms with Gasteiger partial charge >= 0.3 is 0 Å². The summed E-state index contributed by atoms with van der Waals surface area (Å²) < 4.78 is -0.653. The number of benzene rings is 1. The van der Waals surface area contributed by atoms with Crippen LogP contribution in [0.1, 0.15) is 38.7 Å². The average molecular weight is 474 g/mol. The lowest BCUT2D eigenvalue weighted by atomic mass is 9.66. The molecule has 7 atom stereocenters. The molecule has 3 N–H and O–H groups in total. The summed E-state index contributed by atoms with van der Waals surface area (Å²) in [5.41, 5.74) is 0.997. The first kappa shape index (κ1) is 24.1. The highest BCUT2D eigenvalue weighted by Gasteiger charge is 2.76. The van der Waals surface area contributed by atoms with Crippen molar-refractivity contribution < 1.29 is 19.5 Å². The summed E-state index contributed by atoms with van der Waals surface area (Å²) in [7, 11) is 1.60. The molecule has 3 heterocycles. The van der Waals surface area contributed by atoms with Crippen molar-refractivity contribution in [1.82, 2.24) is 15.5 Å². The molecule has 1 spiro atoms. The molecule has 8 heteroatoms. The van der Waals surface area contributed by atoms with E-state index in [9.17, 15) is 19.5 Å². The van der Waals surface area contributed by atoms with Crippen molar-refractivity contribution in [3.63, 3.8) is 0 Å². The number of aliphatic hydroxyl groups is 1. The number of aliphatic hydroxyl groups excluding tert-OH is 1. The lowest BCUT2D eigenvalue weighted by molar-refractivity contribution is -0.142. The molecule has 3 unspecified atom stereocenters. The summed E-state index contributed by atoms with van der Waals surface area (Å²) in [6.45, 7) is 4.49. The van der Waals surface area contributed by atoms with Gasteiger partial charge in [-0.1, -0.05) is 50.6 Å². The van der Waals surface area contributed by atoms with Crippen molar-refractivity contribution >= 4 is 29.5 Å². The van der Waals surface area contributed by atoms with E-state index in [4.69, 9.17) is 0 Å². The van der Waals surface area contributed by atoms with Crippen molar-refractivity contribution in [3.8, 4) is 0 Å². The molecule has 0 aromatic heterocycles. The number of fused-ring (bicyclic) bond motifs is 1. The highest BCUT2D eigenvalue weighted by atomic mass is 32.2. The molecule has 2 bridgehead atoms. The molecule has 3 amide bonds. The van der Waals surface area contributed by atoms with Gasteiger partial charge in [0.2, 0.25) is 17.7 Å². The Bertz CT molecular complexity index is 897. The van der Waals surface area contributed by atoms with Gasteiger partial charge in [-0.15, -0.1) is 11.8 Å². The zero-order valence-electron chi connectivity index (χ0n) is 19.6. The number of unbranched alkanes of at least 4 members (excludes halogenated alkanes) is 1. The molecule has 3 aliphatic heterocycles. The molecule has 1 aromatic rings. The number of rotatable bonds is 9. The standard InChI is InChI=1S/C25H35N3O4S/c1-4-5-11-27-23(31)21-25-15(2)12-18(33-25)19(22(30)26-3)20(25)24(32)28(21)17(14-29)13-16-9-7-6-8-10-16/h6-10,15,17-21,29H,4-5,11-14H2,1-3H3,(H,26,30)(H,27,31)/t15?,17-,18+,19-,20+,21?,25?/m1/s1. The topological polar surface area (TPSA) is 98.7 Å². The molecular weight excluding hydrogens is 438 g/mol. The van der Waals surface area contributed by atoms with Crippen molar-refractivity contribution in [3.05, 3.63) is 35.9 Å². The zero-order chi connectivity index (χ0) is 23.8. The number of carbonyl (C=O) groups excluding carboxylic acids is 3. The number of amides is 3. The van der Waals surface area contributed by atoms with Crippen molar-refractivity contribution in [2.24, 2.45) is 17.8 Å². The van der Waals surface area contributed by atoms with Gasteiger partial charge < -0.3 is 20.6 Å². The Morgan fingerprint density at radius 1 is 1.27 bits per heavy atom. The van der Waals surface area contributed by atoms with E-state index in [2.05, 4.69) is 24.5 Å². The van der Waals surface area contributed by atoms with E-state index in [0.717, 1.165) is 24.8 Å². The van der Waals surface area contributed by atoms with Crippen molar-refractivity contribution in [1.29, 1.82) is 0 Å². The van der Waals surface area contributed by atoms with Crippen LogP contribution in [0, 0.1) is 17.8 Å². The molecule has 3 saturated heterocycles. The van der Waals surface area contributed by atoms with Crippen LogP contribution in [0.15, 0.2) is 30.3 Å². The highest BCUT2D eigenvalue weighted by Crippen LogP contribution is 2.68. The van der Waals surface area contributed by atoms with Crippen LogP contribution in [0.5, 0.6) is 0 Å². The Labute approximate surface area is 200 Å². The Morgan fingerprint density at radius 3 is 2.64 bits per heavy atom. The Hall–Kier alpha value is -2.06. The Kier molecular flexibility index (Phi) is 7.05. The molecule has 33 heavy (non-hydrogen) atoms. The largest absolute Gasteiger partial charge is 0.394 e. The summed E-state index contributed by atoms with van der Waals surface area (Å²) in [4.78, 5) is 42.2. The number of carbonyl (C=O) groups is 3. The Morgan fingerprint density at radius 2 is 2.00 bits per heavy atom. The maximum Gasteiger partial charge on any atom is 0.244 e. The summed E-state index contributed by atoms with van der Waals surface area (Å²) in [5, 5.41) is 16.2. The number of nitrogens with one attached hydrogen (secondary N) is 2. The minimum atomic E-state index is -0.702. The first-order valence-corrected chi connectivity index (χ1v) is 12.9. The van der Waals surface area contributed by atoms with Crippen molar-refractivity contribution in [2.45, 2.75) is 61.6 Å². The second kappa shape index (κ2) is 9.66. The molecule has 3 fully saturated rings. The minimum Gasteiger partial charge on any atom is -0.394 e. The lowest BCUT2D eigenvalue weighted by Crippen LogP contribution is -2.59. The first-order valence-electron chi connectivity index (χ1n) is 12.0. The van der Waals surface area contributed by atoms with Gasteiger partial charge in [0.05, 0.1) is 29.2 Å². The molecule has 0 saturated carbocycles. The van der Waals surface area contributed by atoms with Crippen LogP contribution in [-0.2, 0) is 20.8 Å². The zero-order valence-corrected chi connectivity index (χ0v) is 20.4. The van der Waals surface area contributed by atoms with E-state index in [1.54, 1.807) is 23.7 Å². The van der Waals surface area contributed by atoms with Gasteiger partial charge in [0.15, 0.2) is 0 Å². The normalized spacial score (nSPS) is 33.2. The van der Waals surface area contributed by atoms with E-state index >= 15 is 0 Å². The third-order valence-corrected chi connectivity index (χ3v) is 9.80. The van der Waals surface area contributed by atoms with Gasteiger partial charge in [0.1, 0.15) is 6.04 Å². The van der Waals surface area contributed by atoms with Gasteiger partial charge in [0, 0.05) is 18.8 Å². The summed E-state index contributed by atoms with van der Waals surface area (Å²) in [5.74, 6) is -1.35. The molecule has 4 rings (SSSR count). The van der Waals surface area contributed by atoms with Gasteiger partial charge in [-0.05, 0) is 30.7 Å². The predicted octanol–water partition coefficient (Wildman–Crippen LogP) is 1.59. The lowest BCUT2D eigenvalue weighted by Gasteiger charge is -2.40. The maximum absolute atomic E-state index is 14.0. The van der Waals surface area contributed by atoms with Gasteiger partial charge in [-0.2, -0.15) is 0 Å². The summed E-state index contributed by atoms with van der Waals surface area (Å²) in [6.07, 6.45) is 3.09. The number of hydrogen-bond donors (Lipinski definition) is 3.